The predicted molar refractivity (Wildman–Crippen MR) is 87.4 cm³/mol. The molecule has 4 aromatic rings. The molecule has 0 aliphatic carbocycles. The van der Waals surface area contributed by atoms with E-state index in [9.17, 15) is 4.79 Å². The lowest BCUT2D eigenvalue weighted by Gasteiger charge is -2.02. The van der Waals surface area contributed by atoms with Crippen LogP contribution >= 0.6 is 0 Å². The number of hydrogen-bond donors (Lipinski definition) is 1. The van der Waals surface area contributed by atoms with Gasteiger partial charge in [-0.2, -0.15) is 5.10 Å². The molecule has 4 rings (SSSR count). The Kier molecular flexibility index (Phi) is 2.90. The van der Waals surface area contributed by atoms with Crippen molar-refractivity contribution in [2.24, 2.45) is 7.05 Å². The smallest absolute Gasteiger partial charge is 0.260 e. The Hall–Kier alpha value is -3.15. The first-order chi connectivity index (χ1) is 11.1. The van der Waals surface area contributed by atoms with Gasteiger partial charge in [0.15, 0.2) is 11.5 Å². The van der Waals surface area contributed by atoms with E-state index in [0.29, 0.717) is 11.4 Å². The van der Waals surface area contributed by atoms with Gasteiger partial charge in [-0.05, 0) is 30.7 Å². The number of nitrogens with one attached hydrogen (secondary N) is 1. The van der Waals surface area contributed by atoms with Crippen molar-refractivity contribution < 1.29 is 9.21 Å². The molecule has 114 valence electrons. The topological polar surface area (TPSA) is 73.0 Å². The summed E-state index contributed by atoms with van der Waals surface area (Å²) in [5, 5.41) is 9.01. The first-order valence-electron chi connectivity index (χ1n) is 7.19. The average Bonchev–Trinajstić information content (AvgIpc) is 3.15. The first kappa shape index (κ1) is 13.5. The second-order valence-electron chi connectivity index (χ2n) is 5.49. The second kappa shape index (κ2) is 4.95. The van der Waals surface area contributed by atoms with Gasteiger partial charge in [-0.25, -0.2) is 9.67 Å². The molecule has 0 spiro atoms. The number of benzene rings is 1. The van der Waals surface area contributed by atoms with Crippen LogP contribution < -0.4 is 5.32 Å². The van der Waals surface area contributed by atoms with Crippen LogP contribution in [0.25, 0.3) is 21.9 Å². The summed E-state index contributed by atoms with van der Waals surface area (Å²) in [6.07, 6.45) is 2.86. The van der Waals surface area contributed by atoms with Crippen molar-refractivity contribution in [3.05, 3.63) is 54.0 Å². The third-order valence-corrected chi connectivity index (χ3v) is 3.78. The number of aryl methyl sites for hydroxylation is 2. The van der Waals surface area contributed by atoms with E-state index in [0.717, 1.165) is 27.5 Å². The zero-order chi connectivity index (χ0) is 16.0. The molecule has 1 aromatic carbocycles. The lowest BCUT2D eigenvalue weighted by atomic mass is 10.1. The van der Waals surface area contributed by atoms with E-state index in [1.54, 1.807) is 10.7 Å². The van der Waals surface area contributed by atoms with E-state index in [4.69, 9.17) is 4.42 Å². The zero-order valence-corrected chi connectivity index (χ0v) is 12.7. The Morgan fingerprint density at radius 1 is 1.26 bits per heavy atom. The maximum Gasteiger partial charge on any atom is 0.260 e. The van der Waals surface area contributed by atoms with E-state index in [-0.39, 0.29) is 5.91 Å². The standard InChI is InChI=1S/C17H14N4O2/c1-10-3-4-11-8-13-15(19-17(22)12-5-6-23-9-12)20-21(2)16(13)18-14(11)7-10/h3-9H,1-2H3,(H,19,20,22). The SMILES string of the molecule is Cc1ccc2cc3c(NC(=O)c4ccoc4)nn(C)c3nc2c1. The first-order valence-corrected chi connectivity index (χ1v) is 7.19. The fraction of sp³-hybridized carbons (Fsp3) is 0.118. The normalized spacial score (nSPS) is 11.2. The number of amides is 1. The molecule has 1 N–H and O–H groups in total. The Bertz CT molecular complexity index is 1030. The molecule has 0 aliphatic rings. The van der Waals surface area contributed by atoms with Crippen molar-refractivity contribution in [3.63, 3.8) is 0 Å². The van der Waals surface area contributed by atoms with Crippen molar-refractivity contribution in [2.75, 3.05) is 5.32 Å². The highest BCUT2D eigenvalue weighted by Gasteiger charge is 2.15. The van der Waals surface area contributed by atoms with Crippen LogP contribution in [0.4, 0.5) is 5.82 Å². The Balaban J connectivity index is 1.84. The molecule has 6 heteroatoms. The van der Waals surface area contributed by atoms with Gasteiger partial charge < -0.3 is 9.73 Å². The van der Waals surface area contributed by atoms with Crippen LogP contribution in [0, 0.1) is 6.92 Å². The molecule has 0 unspecified atom stereocenters. The number of anilines is 1. The summed E-state index contributed by atoms with van der Waals surface area (Å²) in [6, 6.07) is 9.69. The number of hydrogen-bond acceptors (Lipinski definition) is 4. The summed E-state index contributed by atoms with van der Waals surface area (Å²) >= 11 is 0. The zero-order valence-electron chi connectivity index (χ0n) is 12.7. The van der Waals surface area contributed by atoms with E-state index in [1.807, 2.05) is 38.2 Å². The fourth-order valence-corrected chi connectivity index (χ4v) is 2.60. The lowest BCUT2D eigenvalue weighted by molar-refractivity contribution is 0.102. The number of rotatable bonds is 2. The summed E-state index contributed by atoms with van der Waals surface area (Å²) in [5.74, 6) is 0.228. The highest BCUT2D eigenvalue weighted by molar-refractivity contribution is 6.08. The number of furan rings is 1. The molecule has 0 aliphatic heterocycles. The van der Waals surface area contributed by atoms with Gasteiger partial charge in [0.05, 0.1) is 22.7 Å². The molecule has 0 saturated heterocycles. The predicted octanol–water partition coefficient (Wildman–Crippen LogP) is 3.28. The monoisotopic (exact) mass is 306 g/mol. The number of pyridine rings is 1. The number of nitrogens with zero attached hydrogens (tertiary/aromatic N) is 3. The van der Waals surface area contributed by atoms with Crippen LogP contribution in [0.3, 0.4) is 0 Å². The number of carbonyl (C=O) groups excluding carboxylic acids is 1. The quantitative estimate of drug-likeness (QED) is 0.617. The summed E-state index contributed by atoms with van der Waals surface area (Å²) < 4.78 is 6.60. The molecule has 0 saturated carbocycles. The van der Waals surface area contributed by atoms with Gasteiger partial charge in [0.1, 0.15) is 6.26 Å². The van der Waals surface area contributed by atoms with E-state index in [1.165, 1.54) is 12.5 Å². The van der Waals surface area contributed by atoms with Crippen molar-refractivity contribution in [1.29, 1.82) is 0 Å². The summed E-state index contributed by atoms with van der Waals surface area (Å²) in [5.41, 5.74) is 3.24. The average molecular weight is 306 g/mol. The molecule has 0 atom stereocenters. The highest BCUT2D eigenvalue weighted by atomic mass is 16.3. The Morgan fingerprint density at radius 3 is 2.91 bits per heavy atom. The van der Waals surface area contributed by atoms with E-state index >= 15 is 0 Å². The van der Waals surface area contributed by atoms with Crippen molar-refractivity contribution in [3.8, 4) is 0 Å². The molecule has 6 nitrogen and oxygen atoms in total. The van der Waals surface area contributed by atoms with Gasteiger partial charge in [0.25, 0.3) is 5.91 Å². The largest absolute Gasteiger partial charge is 0.472 e. The van der Waals surface area contributed by atoms with Gasteiger partial charge in [-0.1, -0.05) is 12.1 Å². The molecule has 1 amide bonds. The van der Waals surface area contributed by atoms with Gasteiger partial charge in [0.2, 0.25) is 0 Å². The van der Waals surface area contributed by atoms with Crippen molar-refractivity contribution >= 4 is 33.7 Å². The maximum absolute atomic E-state index is 12.2. The lowest BCUT2D eigenvalue weighted by Crippen LogP contribution is -2.11. The van der Waals surface area contributed by atoms with E-state index < -0.39 is 0 Å². The minimum Gasteiger partial charge on any atom is -0.472 e. The summed E-state index contributed by atoms with van der Waals surface area (Å²) in [4.78, 5) is 16.9. The summed E-state index contributed by atoms with van der Waals surface area (Å²) in [7, 11) is 1.81. The van der Waals surface area contributed by atoms with Gasteiger partial charge in [0, 0.05) is 12.4 Å². The maximum atomic E-state index is 12.2. The van der Waals surface area contributed by atoms with Crippen molar-refractivity contribution in [2.45, 2.75) is 6.92 Å². The molecule has 3 heterocycles. The molecular formula is C17H14N4O2. The van der Waals surface area contributed by atoms with Crippen molar-refractivity contribution in [1.82, 2.24) is 14.8 Å². The molecule has 0 radical (unpaired) electrons. The Morgan fingerprint density at radius 2 is 2.13 bits per heavy atom. The third-order valence-electron chi connectivity index (χ3n) is 3.78. The number of fused-ring (bicyclic) bond motifs is 2. The fourth-order valence-electron chi connectivity index (χ4n) is 2.60. The minimum absolute atomic E-state index is 0.261. The highest BCUT2D eigenvalue weighted by Crippen LogP contribution is 2.26. The molecule has 3 aromatic heterocycles. The van der Waals surface area contributed by atoms with E-state index in [2.05, 4.69) is 15.4 Å². The van der Waals surface area contributed by atoms with Crippen LogP contribution in [0.15, 0.2) is 47.3 Å². The summed E-state index contributed by atoms with van der Waals surface area (Å²) in [6.45, 7) is 2.03. The van der Waals surface area contributed by atoms with Gasteiger partial charge >= 0.3 is 0 Å². The van der Waals surface area contributed by atoms with Crippen LogP contribution in [-0.4, -0.2) is 20.7 Å². The number of aromatic nitrogens is 3. The molecular weight excluding hydrogens is 292 g/mol. The van der Waals surface area contributed by atoms with Gasteiger partial charge in [-0.15, -0.1) is 0 Å². The van der Waals surface area contributed by atoms with Crippen LogP contribution in [0.1, 0.15) is 15.9 Å². The van der Waals surface area contributed by atoms with Gasteiger partial charge in [-0.3, -0.25) is 4.79 Å². The Labute approximate surface area is 131 Å². The molecule has 0 fully saturated rings. The van der Waals surface area contributed by atoms with Crippen LogP contribution in [0.2, 0.25) is 0 Å². The third kappa shape index (κ3) is 2.24. The minimum atomic E-state index is -0.261. The molecule has 23 heavy (non-hydrogen) atoms. The molecule has 0 bridgehead atoms. The van der Waals surface area contributed by atoms with Crippen LogP contribution in [-0.2, 0) is 7.05 Å². The number of carbonyl (C=O) groups is 1. The second-order valence-corrected chi connectivity index (χ2v) is 5.49. The van der Waals surface area contributed by atoms with Crippen LogP contribution in [0.5, 0.6) is 0 Å².